The fraction of sp³-hybridized carbons (Fsp3) is 0.400. The van der Waals surface area contributed by atoms with Crippen molar-refractivity contribution in [3.63, 3.8) is 0 Å². The Morgan fingerprint density at radius 2 is 2.27 bits per heavy atom. The summed E-state index contributed by atoms with van der Waals surface area (Å²) < 4.78 is 12.2. The van der Waals surface area contributed by atoms with E-state index in [1.54, 1.807) is 6.07 Å². The average Bonchev–Trinajstić information content (AvgIpc) is 2.99. The summed E-state index contributed by atoms with van der Waals surface area (Å²) in [5.74, 6) is 0.883. The van der Waals surface area contributed by atoms with Crippen LogP contribution in [-0.2, 0) is 4.74 Å². The number of aromatic hydroxyl groups is 1. The number of benzene rings is 1. The lowest BCUT2D eigenvalue weighted by Crippen LogP contribution is -2.05. The highest BCUT2D eigenvalue weighted by molar-refractivity contribution is 9.13. The van der Waals surface area contributed by atoms with Gasteiger partial charge in [0.15, 0.2) is 0 Å². The van der Waals surface area contributed by atoms with Gasteiger partial charge in [0.05, 0.1) is 11.1 Å². The van der Waals surface area contributed by atoms with E-state index in [4.69, 9.17) is 9.47 Å². The molecule has 5 heteroatoms. The maximum absolute atomic E-state index is 9.62. The molecule has 1 unspecified atom stereocenters. The normalized spacial score (nSPS) is 19.0. The maximum atomic E-state index is 9.62. The van der Waals surface area contributed by atoms with E-state index in [1.165, 1.54) is 0 Å². The van der Waals surface area contributed by atoms with Crippen molar-refractivity contribution in [1.82, 2.24) is 0 Å². The SMILES string of the molecule is Cc1c(O)cc(Br)c(Br)c1OCC1CO1. The van der Waals surface area contributed by atoms with Crippen molar-refractivity contribution in [1.29, 1.82) is 0 Å². The van der Waals surface area contributed by atoms with Crippen molar-refractivity contribution in [2.24, 2.45) is 0 Å². The summed E-state index contributed by atoms with van der Waals surface area (Å²) in [6.07, 6.45) is 0.206. The third kappa shape index (κ3) is 2.46. The Bertz CT molecular complexity index is 362. The number of hydrogen-bond acceptors (Lipinski definition) is 3. The smallest absolute Gasteiger partial charge is 0.141 e. The van der Waals surface area contributed by atoms with Gasteiger partial charge in [0.1, 0.15) is 24.2 Å². The van der Waals surface area contributed by atoms with Crippen LogP contribution in [-0.4, -0.2) is 24.4 Å². The van der Waals surface area contributed by atoms with Crippen LogP contribution in [0.3, 0.4) is 0 Å². The molecule has 1 heterocycles. The highest BCUT2D eigenvalue weighted by Gasteiger charge is 2.24. The highest BCUT2D eigenvalue weighted by atomic mass is 79.9. The fourth-order valence-corrected chi connectivity index (χ4v) is 2.12. The average molecular weight is 338 g/mol. The predicted molar refractivity (Wildman–Crippen MR) is 63.5 cm³/mol. The van der Waals surface area contributed by atoms with Crippen LogP contribution in [0.1, 0.15) is 5.56 Å². The van der Waals surface area contributed by atoms with Gasteiger partial charge in [-0.3, -0.25) is 0 Å². The van der Waals surface area contributed by atoms with E-state index in [2.05, 4.69) is 31.9 Å². The van der Waals surface area contributed by atoms with E-state index in [0.717, 1.165) is 21.1 Å². The van der Waals surface area contributed by atoms with E-state index in [0.29, 0.717) is 12.4 Å². The second-order valence-electron chi connectivity index (χ2n) is 3.41. The predicted octanol–water partition coefficient (Wildman–Crippen LogP) is 3.00. The van der Waals surface area contributed by atoms with Gasteiger partial charge < -0.3 is 14.6 Å². The van der Waals surface area contributed by atoms with Crippen LogP contribution in [0.4, 0.5) is 0 Å². The molecule has 1 aliphatic rings. The first-order chi connectivity index (χ1) is 7.09. The maximum Gasteiger partial charge on any atom is 0.141 e. The van der Waals surface area contributed by atoms with Gasteiger partial charge in [-0.2, -0.15) is 0 Å². The number of rotatable bonds is 3. The molecule has 3 nitrogen and oxygen atoms in total. The summed E-state index contributed by atoms with van der Waals surface area (Å²) in [6.45, 7) is 3.10. The van der Waals surface area contributed by atoms with Crippen molar-refractivity contribution in [2.45, 2.75) is 13.0 Å². The van der Waals surface area contributed by atoms with Crippen LogP contribution < -0.4 is 4.74 Å². The Kier molecular flexibility index (Phi) is 3.23. The van der Waals surface area contributed by atoms with Crippen LogP contribution >= 0.6 is 31.9 Å². The third-order valence-electron chi connectivity index (χ3n) is 2.21. The molecule has 82 valence electrons. The van der Waals surface area contributed by atoms with Crippen LogP contribution in [0.25, 0.3) is 0 Å². The van der Waals surface area contributed by atoms with Crippen LogP contribution in [0.2, 0.25) is 0 Å². The number of phenolic OH excluding ortho intramolecular Hbond substituents is 1. The summed E-state index contributed by atoms with van der Waals surface area (Å²) in [5.41, 5.74) is 0.728. The molecular formula is C10H10Br2O3. The van der Waals surface area contributed by atoms with E-state index in [-0.39, 0.29) is 11.9 Å². The molecular weight excluding hydrogens is 328 g/mol. The van der Waals surface area contributed by atoms with E-state index in [9.17, 15) is 5.11 Å². The van der Waals surface area contributed by atoms with E-state index in [1.807, 2.05) is 6.92 Å². The molecule has 0 bridgehead atoms. The number of phenols is 1. The zero-order valence-corrected chi connectivity index (χ0v) is 11.3. The Balaban J connectivity index is 2.25. The molecule has 0 spiro atoms. The van der Waals surface area contributed by atoms with E-state index < -0.39 is 0 Å². The highest BCUT2D eigenvalue weighted by Crippen LogP contribution is 2.40. The van der Waals surface area contributed by atoms with Crippen molar-refractivity contribution in [2.75, 3.05) is 13.2 Å². The number of ether oxygens (including phenoxy) is 2. The molecule has 1 aromatic carbocycles. The first kappa shape index (κ1) is 11.2. The van der Waals surface area contributed by atoms with Gasteiger partial charge in [-0.1, -0.05) is 0 Å². The number of epoxide rings is 1. The second kappa shape index (κ2) is 4.31. The Hall–Kier alpha value is -0.260. The number of hydrogen-bond donors (Lipinski definition) is 1. The minimum atomic E-state index is 0.206. The molecule has 2 rings (SSSR count). The molecule has 1 N–H and O–H groups in total. The third-order valence-corrected chi connectivity index (χ3v) is 4.16. The van der Waals surface area contributed by atoms with Gasteiger partial charge in [-0.25, -0.2) is 0 Å². The summed E-state index contributed by atoms with van der Waals surface area (Å²) in [4.78, 5) is 0. The molecule has 1 aliphatic heterocycles. The van der Waals surface area contributed by atoms with Gasteiger partial charge in [0.25, 0.3) is 0 Å². The minimum absolute atomic E-state index is 0.206. The zero-order chi connectivity index (χ0) is 11.0. The second-order valence-corrected chi connectivity index (χ2v) is 5.06. The molecule has 1 aromatic rings. The van der Waals surface area contributed by atoms with Gasteiger partial charge in [-0.15, -0.1) is 0 Å². The lowest BCUT2D eigenvalue weighted by Gasteiger charge is -2.12. The molecule has 0 aromatic heterocycles. The molecule has 0 saturated carbocycles. The molecule has 1 saturated heterocycles. The Morgan fingerprint density at radius 1 is 1.60 bits per heavy atom. The van der Waals surface area contributed by atoms with Crippen molar-refractivity contribution >= 4 is 31.9 Å². The van der Waals surface area contributed by atoms with Gasteiger partial charge in [-0.05, 0) is 44.8 Å². The van der Waals surface area contributed by atoms with Crippen molar-refractivity contribution < 1.29 is 14.6 Å². The van der Waals surface area contributed by atoms with Crippen LogP contribution in [0, 0.1) is 6.92 Å². The Morgan fingerprint density at radius 3 is 2.87 bits per heavy atom. The lowest BCUT2D eigenvalue weighted by atomic mass is 10.2. The van der Waals surface area contributed by atoms with Gasteiger partial charge in [0, 0.05) is 10.0 Å². The number of halogens is 2. The summed E-state index contributed by atoms with van der Waals surface area (Å²) in [6, 6.07) is 1.64. The zero-order valence-electron chi connectivity index (χ0n) is 8.09. The summed E-state index contributed by atoms with van der Waals surface area (Å²) >= 11 is 6.75. The summed E-state index contributed by atoms with van der Waals surface area (Å²) in [7, 11) is 0. The van der Waals surface area contributed by atoms with Gasteiger partial charge in [0.2, 0.25) is 0 Å². The largest absolute Gasteiger partial charge is 0.507 e. The first-order valence-corrected chi connectivity index (χ1v) is 6.10. The standard InChI is InChI=1S/C10H10Br2O3/c1-5-8(13)2-7(11)9(12)10(5)15-4-6-3-14-6/h2,6,13H,3-4H2,1H3. The van der Waals surface area contributed by atoms with Crippen LogP contribution in [0.15, 0.2) is 15.0 Å². The molecule has 0 amide bonds. The quantitative estimate of drug-likeness (QED) is 0.862. The fourth-order valence-electron chi connectivity index (χ4n) is 1.19. The topological polar surface area (TPSA) is 42.0 Å². The van der Waals surface area contributed by atoms with Gasteiger partial charge >= 0.3 is 0 Å². The molecule has 0 radical (unpaired) electrons. The minimum Gasteiger partial charge on any atom is -0.507 e. The summed E-state index contributed by atoms with van der Waals surface area (Å²) in [5, 5.41) is 9.62. The molecule has 1 atom stereocenters. The Labute approximate surface area is 105 Å². The first-order valence-electron chi connectivity index (χ1n) is 4.51. The van der Waals surface area contributed by atoms with Crippen LogP contribution in [0.5, 0.6) is 11.5 Å². The van der Waals surface area contributed by atoms with E-state index >= 15 is 0 Å². The van der Waals surface area contributed by atoms with Crippen molar-refractivity contribution in [3.05, 3.63) is 20.6 Å². The molecule has 15 heavy (non-hydrogen) atoms. The molecule has 1 fully saturated rings. The molecule has 0 aliphatic carbocycles. The lowest BCUT2D eigenvalue weighted by molar-refractivity contribution is 0.259. The van der Waals surface area contributed by atoms with Crippen molar-refractivity contribution in [3.8, 4) is 11.5 Å². The monoisotopic (exact) mass is 336 g/mol.